The highest BCUT2D eigenvalue weighted by atomic mass is 19.3. The van der Waals surface area contributed by atoms with E-state index in [0.29, 0.717) is 13.0 Å². The summed E-state index contributed by atoms with van der Waals surface area (Å²) in [6.07, 6.45) is 0.365. The fourth-order valence-electron chi connectivity index (χ4n) is 1.70. The molecule has 0 aliphatic carbocycles. The van der Waals surface area contributed by atoms with E-state index >= 15 is 0 Å². The number of nitrogens with zero attached hydrogens (tertiary/aromatic N) is 1. The molecule has 1 rings (SSSR count). The Kier molecular flexibility index (Phi) is 2.87. The Morgan fingerprint density at radius 2 is 2.15 bits per heavy atom. The fraction of sp³-hybridized carbons (Fsp3) is 1.00. The molecule has 0 aromatic carbocycles. The Hall–Kier alpha value is -0.290. The van der Waals surface area contributed by atoms with Gasteiger partial charge in [-0.05, 0) is 26.4 Å². The molecule has 0 bridgehead atoms. The quantitative estimate of drug-likeness (QED) is 0.714. The second-order valence-corrected chi connectivity index (χ2v) is 3.72. The maximum absolute atomic E-state index is 13.7. The number of piperidine rings is 1. The molecule has 1 atom stereocenters. The summed E-state index contributed by atoms with van der Waals surface area (Å²) in [4.78, 5) is 1.58. The van der Waals surface area contributed by atoms with Gasteiger partial charge in [-0.3, -0.25) is 0 Å². The van der Waals surface area contributed by atoms with E-state index in [4.69, 9.17) is 5.73 Å². The van der Waals surface area contributed by atoms with Crippen LogP contribution in [0.2, 0.25) is 0 Å². The van der Waals surface area contributed by atoms with Crippen molar-refractivity contribution in [2.24, 2.45) is 5.73 Å². The summed E-state index contributed by atoms with van der Waals surface area (Å²) in [5.41, 5.74) is 2.42. The summed E-state index contributed by atoms with van der Waals surface area (Å²) in [7, 11) is 1.64. The molecule has 5 heteroatoms. The third-order valence-corrected chi connectivity index (χ3v) is 2.55. The molecule has 1 saturated heterocycles. The Morgan fingerprint density at radius 1 is 1.54 bits per heavy atom. The van der Waals surface area contributed by atoms with Crippen LogP contribution in [0.4, 0.5) is 13.2 Å². The molecule has 0 amide bonds. The van der Waals surface area contributed by atoms with Crippen molar-refractivity contribution in [2.75, 3.05) is 26.7 Å². The van der Waals surface area contributed by atoms with Crippen molar-refractivity contribution in [3.63, 3.8) is 0 Å². The van der Waals surface area contributed by atoms with E-state index in [1.165, 1.54) is 0 Å². The summed E-state index contributed by atoms with van der Waals surface area (Å²) in [5, 5.41) is 0. The van der Waals surface area contributed by atoms with Crippen molar-refractivity contribution >= 4 is 0 Å². The lowest BCUT2D eigenvalue weighted by molar-refractivity contribution is -0.153. The number of nitrogens with two attached hydrogens (primary N) is 1. The number of rotatable bonds is 2. The van der Waals surface area contributed by atoms with Gasteiger partial charge in [0.1, 0.15) is 0 Å². The van der Waals surface area contributed by atoms with Gasteiger partial charge in [-0.15, -0.1) is 0 Å². The second-order valence-electron chi connectivity index (χ2n) is 3.72. The SMILES string of the molecule is CN1CCCC(F)(C(F)(F)CN)C1. The average molecular weight is 196 g/mol. The summed E-state index contributed by atoms with van der Waals surface area (Å²) < 4.78 is 39.9. The lowest BCUT2D eigenvalue weighted by Gasteiger charge is -2.39. The average Bonchev–Trinajstić information content (AvgIpc) is 2.03. The van der Waals surface area contributed by atoms with E-state index in [1.54, 1.807) is 11.9 Å². The van der Waals surface area contributed by atoms with E-state index in [0.717, 1.165) is 0 Å². The van der Waals surface area contributed by atoms with Crippen LogP contribution in [-0.4, -0.2) is 43.2 Å². The van der Waals surface area contributed by atoms with E-state index in [2.05, 4.69) is 0 Å². The van der Waals surface area contributed by atoms with Gasteiger partial charge in [0.15, 0.2) is 5.67 Å². The van der Waals surface area contributed by atoms with Gasteiger partial charge < -0.3 is 10.6 Å². The summed E-state index contributed by atoms with van der Waals surface area (Å²) >= 11 is 0. The van der Waals surface area contributed by atoms with Crippen molar-refractivity contribution in [3.05, 3.63) is 0 Å². The predicted octanol–water partition coefficient (Wildman–Crippen LogP) is 1.01. The van der Waals surface area contributed by atoms with E-state index in [1.807, 2.05) is 0 Å². The molecule has 78 valence electrons. The first kappa shape index (κ1) is 10.8. The first-order valence-corrected chi connectivity index (χ1v) is 4.37. The lowest BCUT2D eigenvalue weighted by atomic mass is 9.88. The molecule has 0 saturated carbocycles. The second kappa shape index (κ2) is 3.46. The molecule has 0 aromatic heterocycles. The maximum atomic E-state index is 13.7. The molecule has 1 heterocycles. The van der Waals surface area contributed by atoms with Crippen LogP contribution in [0.3, 0.4) is 0 Å². The van der Waals surface area contributed by atoms with Crippen molar-refractivity contribution < 1.29 is 13.2 Å². The highest BCUT2D eigenvalue weighted by Crippen LogP contribution is 2.38. The van der Waals surface area contributed by atoms with Gasteiger partial charge in [0, 0.05) is 6.54 Å². The lowest BCUT2D eigenvalue weighted by Crippen LogP contribution is -2.57. The van der Waals surface area contributed by atoms with Crippen LogP contribution >= 0.6 is 0 Å². The molecule has 1 fully saturated rings. The number of halogens is 3. The minimum atomic E-state index is -3.40. The summed E-state index contributed by atoms with van der Waals surface area (Å²) in [6.45, 7) is -0.471. The first-order valence-electron chi connectivity index (χ1n) is 4.37. The molecule has 0 spiro atoms. The largest absolute Gasteiger partial charge is 0.325 e. The molecule has 2 nitrogen and oxygen atoms in total. The third-order valence-electron chi connectivity index (χ3n) is 2.55. The zero-order valence-corrected chi connectivity index (χ0v) is 7.69. The van der Waals surface area contributed by atoms with E-state index in [-0.39, 0.29) is 13.0 Å². The molecule has 1 aliphatic heterocycles. The van der Waals surface area contributed by atoms with Gasteiger partial charge in [-0.25, -0.2) is 13.2 Å². The van der Waals surface area contributed by atoms with Crippen molar-refractivity contribution in [3.8, 4) is 0 Å². The minimum absolute atomic E-state index is 0.0957. The molecule has 1 unspecified atom stereocenters. The summed E-state index contributed by atoms with van der Waals surface area (Å²) in [5.74, 6) is -3.40. The first-order chi connectivity index (χ1) is 5.91. The molecule has 0 radical (unpaired) electrons. The standard InChI is InChI=1S/C8H15F3N2/c1-13-4-2-3-7(9,6-13)8(10,11)5-12/h2-6,12H2,1H3. The number of hydrogen-bond acceptors (Lipinski definition) is 2. The van der Waals surface area contributed by atoms with Crippen molar-refractivity contribution in [1.29, 1.82) is 0 Å². The zero-order valence-electron chi connectivity index (χ0n) is 7.69. The minimum Gasteiger partial charge on any atom is -0.325 e. The van der Waals surface area contributed by atoms with Crippen LogP contribution in [0, 0.1) is 0 Å². The van der Waals surface area contributed by atoms with Crippen LogP contribution < -0.4 is 5.73 Å². The van der Waals surface area contributed by atoms with Crippen LogP contribution in [0.15, 0.2) is 0 Å². The van der Waals surface area contributed by atoms with Crippen LogP contribution in [0.1, 0.15) is 12.8 Å². The number of hydrogen-bond donors (Lipinski definition) is 1. The topological polar surface area (TPSA) is 29.3 Å². The Morgan fingerprint density at radius 3 is 2.62 bits per heavy atom. The molecule has 1 aliphatic rings. The van der Waals surface area contributed by atoms with Crippen molar-refractivity contribution in [2.45, 2.75) is 24.4 Å². The number of alkyl halides is 3. The summed E-state index contributed by atoms with van der Waals surface area (Å²) in [6, 6.07) is 0. The molecule has 0 aromatic rings. The predicted molar refractivity (Wildman–Crippen MR) is 44.6 cm³/mol. The monoisotopic (exact) mass is 196 g/mol. The zero-order chi connectivity index (χ0) is 10.1. The fourth-order valence-corrected chi connectivity index (χ4v) is 1.70. The van der Waals surface area contributed by atoms with Gasteiger partial charge in [0.25, 0.3) is 5.92 Å². The highest BCUT2D eigenvalue weighted by molar-refractivity contribution is 4.98. The number of likely N-dealkylation sites (tertiary alicyclic amines) is 1. The Balaban J connectivity index is 2.74. The Bertz CT molecular complexity index is 186. The molecule has 2 N–H and O–H groups in total. The van der Waals surface area contributed by atoms with Gasteiger partial charge in [-0.1, -0.05) is 0 Å². The maximum Gasteiger partial charge on any atom is 0.294 e. The molecular weight excluding hydrogens is 181 g/mol. The van der Waals surface area contributed by atoms with Gasteiger partial charge in [-0.2, -0.15) is 0 Å². The van der Waals surface area contributed by atoms with E-state index < -0.39 is 18.1 Å². The Labute approximate surface area is 75.9 Å². The van der Waals surface area contributed by atoms with Crippen LogP contribution in [0.5, 0.6) is 0 Å². The highest BCUT2D eigenvalue weighted by Gasteiger charge is 2.54. The van der Waals surface area contributed by atoms with E-state index in [9.17, 15) is 13.2 Å². The third kappa shape index (κ3) is 1.96. The normalized spacial score (nSPS) is 32.1. The van der Waals surface area contributed by atoms with Gasteiger partial charge in [0.2, 0.25) is 0 Å². The van der Waals surface area contributed by atoms with Gasteiger partial charge in [0.05, 0.1) is 6.54 Å². The van der Waals surface area contributed by atoms with Gasteiger partial charge >= 0.3 is 0 Å². The molecule has 13 heavy (non-hydrogen) atoms. The van der Waals surface area contributed by atoms with Crippen LogP contribution in [0.25, 0.3) is 0 Å². The molecular formula is C8H15F3N2. The van der Waals surface area contributed by atoms with Crippen LogP contribution in [-0.2, 0) is 0 Å². The smallest absolute Gasteiger partial charge is 0.294 e. The van der Waals surface area contributed by atoms with Crippen molar-refractivity contribution in [1.82, 2.24) is 4.90 Å².